The number of aromatic nitrogens is 2. The first kappa shape index (κ1) is 13.6. The van der Waals surface area contributed by atoms with Crippen molar-refractivity contribution in [3.63, 3.8) is 0 Å². The highest BCUT2D eigenvalue weighted by Crippen LogP contribution is 2.26. The van der Waals surface area contributed by atoms with Gasteiger partial charge in [-0.25, -0.2) is 4.98 Å². The summed E-state index contributed by atoms with van der Waals surface area (Å²) in [5, 5.41) is 3.47. The van der Waals surface area contributed by atoms with Crippen LogP contribution in [0, 0.1) is 5.92 Å². The average molecular weight is 249 g/mol. The summed E-state index contributed by atoms with van der Waals surface area (Å²) in [5.74, 6) is 0.951. The molecule has 0 unspecified atom stereocenters. The third kappa shape index (κ3) is 4.13. The maximum absolute atomic E-state index is 4.29. The van der Waals surface area contributed by atoms with E-state index in [9.17, 15) is 0 Å². The second-order valence-corrected chi connectivity index (χ2v) is 5.91. The van der Waals surface area contributed by atoms with E-state index in [2.05, 4.69) is 28.7 Å². The van der Waals surface area contributed by atoms with E-state index >= 15 is 0 Å². The summed E-state index contributed by atoms with van der Waals surface area (Å²) in [7, 11) is 0. The van der Waals surface area contributed by atoms with Crippen molar-refractivity contribution in [3.05, 3.63) is 18.2 Å². The molecule has 2 rings (SSSR count). The molecule has 102 valence electrons. The molecule has 1 aliphatic rings. The molecular formula is C15H27N3. The fourth-order valence-electron chi connectivity index (χ4n) is 2.80. The quantitative estimate of drug-likeness (QED) is 0.838. The highest BCUT2D eigenvalue weighted by atomic mass is 15.1. The Labute approximate surface area is 111 Å². The molecule has 1 saturated carbocycles. The van der Waals surface area contributed by atoms with Gasteiger partial charge >= 0.3 is 0 Å². The molecule has 1 fully saturated rings. The van der Waals surface area contributed by atoms with Gasteiger partial charge in [-0.15, -0.1) is 0 Å². The molecule has 3 heteroatoms. The predicted molar refractivity (Wildman–Crippen MR) is 75.4 cm³/mol. The molecule has 0 radical (unpaired) electrons. The van der Waals surface area contributed by atoms with Crippen LogP contribution in [-0.2, 0) is 13.1 Å². The number of nitrogens with zero attached hydrogens (tertiary/aromatic N) is 2. The van der Waals surface area contributed by atoms with E-state index in [-0.39, 0.29) is 0 Å². The lowest BCUT2D eigenvalue weighted by Crippen LogP contribution is -2.23. The lowest BCUT2D eigenvalue weighted by molar-refractivity contribution is 0.322. The van der Waals surface area contributed by atoms with Crippen LogP contribution in [0.15, 0.2) is 12.5 Å². The van der Waals surface area contributed by atoms with Gasteiger partial charge in [-0.2, -0.15) is 0 Å². The van der Waals surface area contributed by atoms with Crippen molar-refractivity contribution < 1.29 is 0 Å². The number of nitrogens with one attached hydrogen (secondary N) is 1. The molecular weight excluding hydrogens is 222 g/mol. The van der Waals surface area contributed by atoms with Crippen LogP contribution in [0.3, 0.4) is 0 Å². The smallest absolute Gasteiger partial charge is 0.0948 e. The fourth-order valence-corrected chi connectivity index (χ4v) is 2.80. The summed E-state index contributed by atoms with van der Waals surface area (Å²) in [6, 6.07) is 0.534. The molecule has 0 saturated heterocycles. The van der Waals surface area contributed by atoms with Crippen molar-refractivity contribution in [2.45, 2.75) is 71.5 Å². The molecule has 1 N–H and O–H groups in total. The Morgan fingerprint density at radius 1 is 1.33 bits per heavy atom. The van der Waals surface area contributed by atoms with Gasteiger partial charge in [0.05, 0.1) is 12.0 Å². The van der Waals surface area contributed by atoms with Gasteiger partial charge in [0.2, 0.25) is 0 Å². The second kappa shape index (κ2) is 6.93. The summed E-state index contributed by atoms with van der Waals surface area (Å²) >= 11 is 0. The maximum atomic E-state index is 4.29. The van der Waals surface area contributed by atoms with Crippen LogP contribution >= 0.6 is 0 Å². The molecule has 1 aliphatic carbocycles. The predicted octanol–water partition coefficient (Wildman–Crippen LogP) is 3.35. The van der Waals surface area contributed by atoms with E-state index in [1.165, 1.54) is 44.2 Å². The summed E-state index contributed by atoms with van der Waals surface area (Å²) in [4.78, 5) is 4.29. The van der Waals surface area contributed by atoms with E-state index < -0.39 is 0 Å². The molecule has 18 heavy (non-hydrogen) atoms. The standard InChI is InChI=1S/C15H27N3/c1-13(2)17-11-15-10-16-12-18(15)9-8-14-6-4-3-5-7-14/h10,12-14,17H,3-9,11H2,1-2H3. The fraction of sp³-hybridized carbons (Fsp3) is 0.800. The van der Waals surface area contributed by atoms with Gasteiger partial charge in [-0.05, 0) is 12.3 Å². The van der Waals surface area contributed by atoms with Crippen LogP contribution in [-0.4, -0.2) is 15.6 Å². The number of hydrogen-bond donors (Lipinski definition) is 1. The van der Waals surface area contributed by atoms with Crippen LogP contribution in [0.2, 0.25) is 0 Å². The van der Waals surface area contributed by atoms with E-state index in [1.807, 2.05) is 12.5 Å². The van der Waals surface area contributed by atoms with Gasteiger partial charge in [0.15, 0.2) is 0 Å². The van der Waals surface area contributed by atoms with Gasteiger partial charge in [-0.3, -0.25) is 0 Å². The van der Waals surface area contributed by atoms with Crippen LogP contribution in [0.4, 0.5) is 0 Å². The highest BCUT2D eigenvalue weighted by Gasteiger charge is 2.13. The topological polar surface area (TPSA) is 29.9 Å². The Hall–Kier alpha value is -0.830. The summed E-state index contributed by atoms with van der Waals surface area (Å²) in [5.41, 5.74) is 1.32. The minimum atomic E-state index is 0.534. The SMILES string of the molecule is CC(C)NCc1cncn1CCC1CCCCC1. The number of aryl methyl sites for hydroxylation is 1. The van der Waals surface area contributed by atoms with Crippen molar-refractivity contribution in [2.75, 3.05) is 0 Å². The average Bonchev–Trinajstić information content (AvgIpc) is 2.82. The van der Waals surface area contributed by atoms with Crippen molar-refractivity contribution in [1.82, 2.24) is 14.9 Å². The van der Waals surface area contributed by atoms with Gasteiger partial charge < -0.3 is 9.88 Å². The van der Waals surface area contributed by atoms with Gasteiger partial charge in [0, 0.05) is 25.3 Å². The Morgan fingerprint density at radius 3 is 2.83 bits per heavy atom. The molecule has 1 aromatic heterocycles. The van der Waals surface area contributed by atoms with Crippen LogP contribution < -0.4 is 5.32 Å². The van der Waals surface area contributed by atoms with Gasteiger partial charge in [-0.1, -0.05) is 46.0 Å². The number of imidazole rings is 1. The maximum Gasteiger partial charge on any atom is 0.0948 e. The van der Waals surface area contributed by atoms with Crippen LogP contribution in [0.25, 0.3) is 0 Å². The highest BCUT2D eigenvalue weighted by molar-refractivity contribution is 4.98. The van der Waals surface area contributed by atoms with E-state index in [4.69, 9.17) is 0 Å². The summed E-state index contributed by atoms with van der Waals surface area (Å²) in [6.45, 7) is 6.44. The lowest BCUT2D eigenvalue weighted by atomic mass is 9.87. The monoisotopic (exact) mass is 249 g/mol. The molecule has 3 nitrogen and oxygen atoms in total. The van der Waals surface area contributed by atoms with Crippen LogP contribution in [0.5, 0.6) is 0 Å². The first-order chi connectivity index (χ1) is 8.75. The normalized spacial score (nSPS) is 17.5. The van der Waals surface area contributed by atoms with Crippen molar-refractivity contribution in [1.29, 1.82) is 0 Å². The van der Waals surface area contributed by atoms with Crippen molar-refractivity contribution in [3.8, 4) is 0 Å². The van der Waals surface area contributed by atoms with E-state index in [0.29, 0.717) is 6.04 Å². The largest absolute Gasteiger partial charge is 0.333 e. The Morgan fingerprint density at radius 2 is 2.11 bits per heavy atom. The summed E-state index contributed by atoms with van der Waals surface area (Å²) in [6.07, 6.45) is 12.5. The Balaban J connectivity index is 1.79. The molecule has 0 aromatic carbocycles. The number of hydrogen-bond acceptors (Lipinski definition) is 2. The molecule has 0 aliphatic heterocycles. The molecule has 0 amide bonds. The molecule has 1 heterocycles. The zero-order valence-electron chi connectivity index (χ0n) is 11.9. The third-order valence-electron chi connectivity index (χ3n) is 3.99. The third-order valence-corrected chi connectivity index (χ3v) is 3.99. The summed E-state index contributed by atoms with van der Waals surface area (Å²) < 4.78 is 2.32. The minimum Gasteiger partial charge on any atom is -0.333 e. The van der Waals surface area contributed by atoms with Crippen LogP contribution in [0.1, 0.15) is 58.1 Å². The van der Waals surface area contributed by atoms with Gasteiger partial charge in [0.25, 0.3) is 0 Å². The lowest BCUT2D eigenvalue weighted by Gasteiger charge is -2.22. The first-order valence-corrected chi connectivity index (χ1v) is 7.48. The Kier molecular flexibility index (Phi) is 5.24. The molecule has 0 bridgehead atoms. The Bertz CT molecular complexity index is 337. The second-order valence-electron chi connectivity index (χ2n) is 5.91. The van der Waals surface area contributed by atoms with E-state index in [0.717, 1.165) is 19.0 Å². The minimum absolute atomic E-state index is 0.534. The van der Waals surface area contributed by atoms with Gasteiger partial charge in [0.1, 0.15) is 0 Å². The number of rotatable bonds is 6. The molecule has 0 spiro atoms. The molecule has 1 aromatic rings. The first-order valence-electron chi connectivity index (χ1n) is 7.48. The van der Waals surface area contributed by atoms with Crippen molar-refractivity contribution in [2.24, 2.45) is 5.92 Å². The van der Waals surface area contributed by atoms with E-state index in [1.54, 1.807) is 0 Å². The zero-order valence-corrected chi connectivity index (χ0v) is 11.9. The van der Waals surface area contributed by atoms with Crippen molar-refractivity contribution >= 4 is 0 Å². The molecule has 0 atom stereocenters. The zero-order chi connectivity index (χ0) is 12.8.